The second-order valence-electron chi connectivity index (χ2n) is 11.7. The molecule has 0 radical (unpaired) electrons. The van der Waals surface area contributed by atoms with Crippen LogP contribution in [0.4, 0.5) is 0 Å². The molecule has 232 valence electrons. The maximum Gasteiger partial charge on any atom is 0.338 e. The Morgan fingerprint density at radius 1 is 0.674 bits per heavy atom. The van der Waals surface area contributed by atoms with E-state index < -0.39 is 5.60 Å². The van der Waals surface area contributed by atoms with Gasteiger partial charge in [-0.3, -0.25) is 4.79 Å². The number of esters is 2. The molecule has 5 nitrogen and oxygen atoms in total. The lowest BCUT2D eigenvalue weighted by molar-refractivity contribution is -0.194. The summed E-state index contributed by atoms with van der Waals surface area (Å²) in [5.41, 5.74) is 6.09. The lowest BCUT2D eigenvalue weighted by Crippen LogP contribution is -2.49. The number of methoxy groups -OCH3 is 1. The van der Waals surface area contributed by atoms with Gasteiger partial charge in [0, 0.05) is 0 Å². The molecule has 5 heteroatoms. The van der Waals surface area contributed by atoms with Gasteiger partial charge in [0.05, 0.1) is 19.3 Å². The number of cyclic esters (lactones) is 1. The SMILES string of the molecule is COC(=O)c1ccccc1CCc1cccc(CC[C@H]2OC(=O)[C@@H]2COC(c2ccccc2)(c2ccccc2)c2ccccc2)c1. The minimum Gasteiger partial charge on any atom is -0.465 e. The van der Waals surface area contributed by atoms with Gasteiger partial charge in [-0.2, -0.15) is 0 Å². The van der Waals surface area contributed by atoms with Gasteiger partial charge >= 0.3 is 11.9 Å². The summed E-state index contributed by atoms with van der Waals surface area (Å²) in [5, 5.41) is 0. The third kappa shape index (κ3) is 6.65. The molecular formula is C41H38O5. The van der Waals surface area contributed by atoms with Crippen molar-refractivity contribution in [3.05, 3.63) is 178 Å². The number of benzene rings is 5. The molecule has 0 saturated carbocycles. The Bertz CT molecular complexity index is 1650. The first-order valence-electron chi connectivity index (χ1n) is 15.8. The van der Waals surface area contributed by atoms with Gasteiger partial charge in [-0.1, -0.05) is 133 Å². The topological polar surface area (TPSA) is 61.8 Å². The minimum absolute atomic E-state index is 0.217. The monoisotopic (exact) mass is 610 g/mol. The zero-order valence-electron chi connectivity index (χ0n) is 26.0. The van der Waals surface area contributed by atoms with Crippen LogP contribution in [0.25, 0.3) is 0 Å². The summed E-state index contributed by atoms with van der Waals surface area (Å²) in [6.45, 7) is 0.238. The number of rotatable bonds is 13. The van der Waals surface area contributed by atoms with E-state index in [1.807, 2.05) is 72.8 Å². The summed E-state index contributed by atoms with van der Waals surface area (Å²) in [6.07, 6.45) is 2.81. The molecule has 0 aromatic heterocycles. The highest BCUT2D eigenvalue weighted by Gasteiger charge is 2.45. The summed E-state index contributed by atoms with van der Waals surface area (Å²) in [7, 11) is 1.41. The quantitative estimate of drug-likeness (QED) is 0.101. The van der Waals surface area contributed by atoms with E-state index >= 15 is 0 Å². The van der Waals surface area contributed by atoms with Crippen LogP contribution in [-0.4, -0.2) is 31.8 Å². The third-order valence-corrected chi connectivity index (χ3v) is 8.85. The molecule has 0 spiro atoms. The predicted octanol–water partition coefficient (Wildman–Crippen LogP) is 7.74. The van der Waals surface area contributed by atoms with Crippen molar-refractivity contribution in [1.29, 1.82) is 0 Å². The first kappa shape index (κ1) is 31.0. The fraction of sp³-hybridized carbons (Fsp3) is 0.220. The lowest BCUT2D eigenvalue weighted by Gasteiger charge is -2.40. The van der Waals surface area contributed by atoms with Crippen LogP contribution < -0.4 is 0 Å². The van der Waals surface area contributed by atoms with Gasteiger partial charge in [0.1, 0.15) is 17.6 Å². The largest absolute Gasteiger partial charge is 0.465 e. The zero-order chi connectivity index (χ0) is 31.8. The van der Waals surface area contributed by atoms with Crippen LogP contribution in [0.3, 0.4) is 0 Å². The van der Waals surface area contributed by atoms with E-state index in [0.717, 1.165) is 41.5 Å². The second kappa shape index (κ2) is 14.4. The van der Waals surface area contributed by atoms with E-state index in [1.54, 1.807) is 6.07 Å². The van der Waals surface area contributed by atoms with Crippen molar-refractivity contribution in [3.8, 4) is 0 Å². The summed E-state index contributed by atoms with van der Waals surface area (Å²) < 4.78 is 17.6. The van der Waals surface area contributed by atoms with E-state index in [1.165, 1.54) is 18.2 Å². The van der Waals surface area contributed by atoms with Crippen molar-refractivity contribution in [2.24, 2.45) is 5.92 Å². The first-order chi connectivity index (χ1) is 22.6. The average molecular weight is 611 g/mol. The van der Waals surface area contributed by atoms with Crippen LogP contribution >= 0.6 is 0 Å². The van der Waals surface area contributed by atoms with Gasteiger partial charge in [-0.25, -0.2) is 4.79 Å². The van der Waals surface area contributed by atoms with E-state index in [-0.39, 0.29) is 30.6 Å². The van der Waals surface area contributed by atoms with Crippen LogP contribution in [0.5, 0.6) is 0 Å². The Morgan fingerprint density at radius 2 is 1.22 bits per heavy atom. The van der Waals surface area contributed by atoms with Gasteiger partial charge in [0.15, 0.2) is 0 Å². The molecule has 0 aliphatic carbocycles. The van der Waals surface area contributed by atoms with Crippen molar-refractivity contribution >= 4 is 11.9 Å². The second-order valence-corrected chi connectivity index (χ2v) is 11.7. The third-order valence-electron chi connectivity index (χ3n) is 8.85. The highest BCUT2D eigenvalue weighted by atomic mass is 16.6. The molecule has 1 aliphatic rings. The molecule has 6 rings (SSSR count). The van der Waals surface area contributed by atoms with E-state index in [2.05, 4.69) is 60.7 Å². The Balaban J connectivity index is 1.15. The molecule has 5 aromatic carbocycles. The van der Waals surface area contributed by atoms with Crippen LogP contribution in [0, 0.1) is 5.92 Å². The Kier molecular flexibility index (Phi) is 9.70. The predicted molar refractivity (Wildman–Crippen MR) is 178 cm³/mol. The highest BCUT2D eigenvalue weighted by Crippen LogP contribution is 2.42. The normalized spacial score (nSPS) is 15.9. The fourth-order valence-corrected chi connectivity index (χ4v) is 6.39. The molecule has 1 aliphatic heterocycles. The number of carbonyl (C=O) groups excluding carboxylic acids is 2. The van der Waals surface area contributed by atoms with E-state index in [9.17, 15) is 9.59 Å². The zero-order valence-corrected chi connectivity index (χ0v) is 26.0. The van der Waals surface area contributed by atoms with Crippen LogP contribution in [0.2, 0.25) is 0 Å². The molecule has 2 atom stereocenters. The summed E-state index contributed by atoms with van der Waals surface area (Å²) in [6, 6.07) is 46.7. The Hall–Kier alpha value is -5.00. The fourth-order valence-electron chi connectivity index (χ4n) is 6.39. The number of aryl methyl sites for hydroxylation is 3. The van der Waals surface area contributed by atoms with Crippen molar-refractivity contribution in [1.82, 2.24) is 0 Å². The van der Waals surface area contributed by atoms with Crippen molar-refractivity contribution < 1.29 is 23.8 Å². The number of hydrogen-bond donors (Lipinski definition) is 0. The lowest BCUT2D eigenvalue weighted by atomic mass is 9.79. The first-order valence-corrected chi connectivity index (χ1v) is 15.8. The molecule has 0 unspecified atom stereocenters. The van der Waals surface area contributed by atoms with Crippen LogP contribution in [0.1, 0.15) is 50.2 Å². The van der Waals surface area contributed by atoms with Gasteiger partial charge in [-0.15, -0.1) is 0 Å². The van der Waals surface area contributed by atoms with E-state index in [0.29, 0.717) is 12.0 Å². The Morgan fingerprint density at radius 3 is 1.78 bits per heavy atom. The van der Waals surface area contributed by atoms with Gasteiger partial charge in [-0.05, 0) is 65.1 Å². The molecule has 0 N–H and O–H groups in total. The summed E-state index contributed by atoms with van der Waals surface area (Å²) in [5.74, 6) is -0.883. The van der Waals surface area contributed by atoms with Crippen molar-refractivity contribution in [3.63, 3.8) is 0 Å². The number of carbonyl (C=O) groups is 2. The van der Waals surface area contributed by atoms with Crippen LogP contribution in [-0.2, 0) is 43.9 Å². The number of hydrogen-bond acceptors (Lipinski definition) is 5. The Labute approximate surface area is 270 Å². The molecule has 0 bridgehead atoms. The maximum absolute atomic E-state index is 12.8. The highest BCUT2D eigenvalue weighted by molar-refractivity contribution is 5.91. The average Bonchev–Trinajstić information content (AvgIpc) is 3.12. The molecular weight excluding hydrogens is 572 g/mol. The van der Waals surface area contributed by atoms with Gasteiger partial charge in [0.25, 0.3) is 0 Å². The van der Waals surface area contributed by atoms with Crippen LogP contribution in [0.15, 0.2) is 140 Å². The molecule has 1 fully saturated rings. The molecule has 5 aromatic rings. The van der Waals surface area contributed by atoms with Crippen molar-refractivity contribution in [2.75, 3.05) is 13.7 Å². The standard InChI is InChI=1S/C41H38O5/c1-44-39(42)36-23-12-11-16-32(36)26-24-30-14-13-15-31(28-30)25-27-38-37(40(43)46-38)29-45-41(33-17-5-2-6-18-33,34-19-7-3-8-20-34)35-21-9-4-10-22-35/h2-23,28,37-38H,24-27,29H2,1H3/t37-,38-/m1/s1. The molecule has 1 saturated heterocycles. The molecule has 1 heterocycles. The van der Waals surface area contributed by atoms with Gasteiger partial charge < -0.3 is 14.2 Å². The maximum atomic E-state index is 12.8. The number of ether oxygens (including phenoxy) is 3. The molecule has 46 heavy (non-hydrogen) atoms. The smallest absolute Gasteiger partial charge is 0.338 e. The molecule has 0 amide bonds. The summed E-state index contributed by atoms with van der Waals surface area (Å²) >= 11 is 0. The minimum atomic E-state index is -0.884. The summed E-state index contributed by atoms with van der Waals surface area (Å²) in [4.78, 5) is 25.0. The van der Waals surface area contributed by atoms with Crippen molar-refractivity contribution in [2.45, 2.75) is 37.4 Å². The van der Waals surface area contributed by atoms with Gasteiger partial charge in [0.2, 0.25) is 0 Å². The van der Waals surface area contributed by atoms with E-state index in [4.69, 9.17) is 14.2 Å².